The number of pyridine rings is 1. The lowest BCUT2D eigenvalue weighted by molar-refractivity contribution is -0.137. The van der Waals surface area contributed by atoms with Crippen LogP contribution in [0, 0.1) is 0 Å². The van der Waals surface area contributed by atoms with Gasteiger partial charge in [-0.2, -0.15) is 0 Å². The molecule has 2 atom stereocenters. The number of alkyl halides is 1. The van der Waals surface area contributed by atoms with Crippen LogP contribution in [-0.2, 0) is 9.80 Å². The molecule has 0 radical (unpaired) electrons. The van der Waals surface area contributed by atoms with Gasteiger partial charge in [0.05, 0.1) is 17.4 Å². The first kappa shape index (κ1) is 12.6. The number of carbonyl (C=O) groups is 1. The maximum absolute atomic E-state index is 15.2. The van der Waals surface area contributed by atoms with Crippen LogP contribution in [0.3, 0.4) is 0 Å². The molecule has 0 saturated carbocycles. The predicted molar refractivity (Wildman–Crippen MR) is 79.3 cm³/mol. The van der Waals surface area contributed by atoms with E-state index in [0.717, 1.165) is 17.1 Å². The van der Waals surface area contributed by atoms with Gasteiger partial charge in [0.15, 0.2) is 0 Å². The number of H-pyrrole nitrogens is 1. The Bertz CT molecular complexity index is 847. The molecule has 4 nitrogen and oxygen atoms in total. The Hall–Kier alpha value is -2.08. The van der Waals surface area contributed by atoms with Crippen molar-refractivity contribution in [2.75, 3.05) is 0 Å². The number of β-lactam (4-membered cyclic amide) rings is 1. The third-order valence-corrected chi connectivity index (χ3v) is 5.19. The number of hydrogen-bond acceptors (Lipinski definition) is 3. The number of rotatable bonds is 1. The SMILES string of the molecule is O=C1C[C@H]2SC(F)(c3cc4ccccc4[nH]c3=O)C=CN12. The average molecular weight is 302 g/mol. The molecule has 1 aromatic carbocycles. The van der Waals surface area contributed by atoms with Gasteiger partial charge in [0.2, 0.25) is 10.9 Å². The minimum atomic E-state index is -1.90. The van der Waals surface area contributed by atoms with Crippen molar-refractivity contribution in [1.29, 1.82) is 0 Å². The molecular weight excluding hydrogens is 291 g/mol. The van der Waals surface area contributed by atoms with E-state index in [1.807, 2.05) is 18.2 Å². The Labute approximate surface area is 123 Å². The molecule has 1 fully saturated rings. The van der Waals surface area contributed by atoms with Crippen molar-refractivity contribution < 1.29 is 9.18 Å². The largest absolute Gasteiger partial charge is 0.322 e. The summed E-state index contributed by atoms with van der Waals surface area (Å²) in [5.41, 5.74) is 0.314. The predicted octanol–water partition coefficient (Wildman–Crippen LogP) is 2.47. The lowest BCUT2D eigenvalue weighted by atomic mass is 10.1. The molecule has 4 rings (SSSR count). The Morgan fingerprint density at radius 3 is 2.90 bits per heavy atom. The summed E-state index contributed by atoms with van der Waals surface area (Å²) in [5, 5.41) is -1.34. The van der Waals surface area contributed by atoms with Crippen LogP contribution in [0.5, 0.6) is 0 Å². The van der Waals surface area contributed by atoms with Gasteiger partial charge < -0.3 is 9.88 Å². The van der Waals surface area contributed by atoms with Gasteiger partial charge in [0.1, 0.15) is 0 Å². The molecule has 1 aromatic heterocycles. The molecular formula is C15H11FN2O2S. The second-order valence-electron chi connectivity index (χ2n) is 5.14. The number of thioether (sulfide) groups is 1. The van der Waals surface area contributed by atoms with E-state index in [-0.39, 0.29) is 16.8 Å². The zero-order valence-corrected chi connectivity index (χ0v) is 11.7. The first-order valence-electron chi connectivity index (χ1n) is 6.57. The Morgan fingerprint density at radius 2 is 2.14 bits per heavy atom. The molecule has 2 aromatic rings. The summed E-state index contributed by atoms with van der Waals surface area (Å²) in [6.07, 6.45) is 3.04. The summed E-state index contributed by atoms with van der Waals surface area (Å²) in [5.74, 6) is -0.0155. The maximum Gasteiger partial charge on any atom is 0.256 e. The number of aromatic amines is 1. The van der Waals surface area contributed by atoms with Gasteiger partial charge in [0.25, 0.3) is 5.56 Å². The van der Waals surface area contributed by atoms with E-state index in [1.54, 1.807) is 12.1 Å². The zero-order valence-electron chi connectivity index (χ0n) is 10.9. The fourth-order valence-electron chi connectivity index (χ4n) is 2.65. The Balaban J connectivity index is 1.84. The fraction of sp³-hybridized carbons (Fsp3) is 0.200. The van der Waals surface area contributed by atoms with E-state index < -0.39 is 10.6 Å². The van der Waals surface area contributed by atoms with Crippen LogP contribution in [0.25, 0.3) is 10.9 Å². The van der Waals surface area contributed by atoms with Gasteiger partial charge in [-0.15, -0.1) is 0 Å². The fourth-order valence-corrected chi connectivity index (χ4v) is 3.99. The smallest absolute Gasteiger partial charge is 0.256 e. The van der Waals surface area contributed by atoms with E-state index >= 15 is 4.39 Å². The van der Waals surface area contributed by atoms with Crippen molar-refractivity contribution in [2.45, 2.75) is 16.8 Å². The van der Waals surface area contributed by atoms with Crippen LogP contribution in [-0.4, -0.2) is 21.2 Å². The summed E-state index contributed by atoms with van der Waals surface area (Å²) in [6.45, 7) is 0. The lowest BCUT2D eigenvalue weighted by Gasteiger charge is -2.43. The number of nitrogens with zero attached hydrogens (tertiary/aromatic N) is 1. The highest BCUT2D eigenvalue weighted by molar-refractivity contribution is 8.01. The number of para-hydroxylation sites is 1. The molecule has 2 aliphatic heterocycles. The first-order chi connectivity index (χ1) is 10.1. The molecule has 106 valence electrons. The van der Waals surface area contributed by atoms with Crippen molar-refractivity contribution in [2.24, 2.45) is 0 Å². The number of aromatic nitrogens is 1. The molecule has 1 amide bonds. The highest BCUT2D eigenvalue weighted by Gasteiger charge is 2.47. The van der Waals surface area contributed by atoms with Crippen LogP contribution in [0.2, 0.25) is 0 Å². The van der Waals surface area contributed by atoms with Gasteiger partial charge >= 0.3 is 0 Å². The van der Waals surface area contributed by atoms with Gasteiger partial charge in [-0.25, -0.2) is 4.39 Å². The van der Waals surface area contributed by atoms with Gasteiger partial charge in [-0.05, 0) is 23.6 Å². The molecule has 1 saturated heterocycles. The molecule has 1 unspecified atom stereocenters. The van der Waals surface area contributed by atoms with Crippen LogP contribution in [0.4, 0.5) is 4.39 Å². The summed E-state index contributed by atoms with van der Waals surface area (Å²) in [4.78, 5) is 27.7. The van der Waals surface area contributed by atoms with E-state index in [0.29, 0.717) is 11.9 Å². The molecule has 0 spiro atoms. The molecule has 0 aliphatic carbocycles. The quantitative estimate of drug-likeness (QED) is 0.823. The number of amides is 1. The van der Waals surface area contributed by atoms with Gasteiger partial charge in [-0.3, -0.25) is 9.59 Å². The number of halogens is 1. The standard InChI is InChI=1S/C15H11FN2O2S/c16-15(5-6-18-12(19)8-13(18)21-15)10-7-9-3-1-2-4-11(9)17-14(10)20/h1-7,13H,8H2,(H,17,20)/t13-,15?/m1/s1. The molecule has 1 N–H and O–H groups in total. The molecule has 21 heavy (non-hydrogen) atoms. The molecule has 0 bridgehead atoms. The maximum atomic E-state index is 15.2. The topological polar surface area (TPSA) is 53.2 Å². The van der Waals surface area contributed by atoms with Crippen molar-refractivity contribution in [3.8, 4) is 0 Å². The van der Waals surface area contributed by atoms with Gasteiger partial charge in [-0.1, -0.05) is 30.0 Å². The molecule has 2 aliphatic rings. The number of nitrogens with one attached hydrogen (secondary N) is 1. The summed E-state index contributed by atoms with van der Waals surface area (Å²) in [6, 6.07) is 8.85. The molecule has 6 heteroatoms. The number of fused-ring (bicyclic) bond motifs is 2. The van der Waals surface area contributed by atoms with E-state index in [9.17, 15) is 9.59 Å². The van der Waals surface area contributed by atoms with E-state index in [2.05, 4.69) is 4.98 Å². The Kier molecular flexibility index (Phi) is 2.53. The van der Waals surface area contributed by atoms with Crippen molar-refractivity contribution in [3.63, 3.8) is 0 Å². The summed E-state index contributed by atoms with van der Waals surface area (Å²) in [7, 11) is 0. The summed E-state index contributed by atoms with van der Waals surface area (Å²) >= 11 is 0.995. The monoisotopic (exact) mass is 302 g/mol. The third kappa shape index (κ3) is 1.82. The van der Waals surface area contributed by atoms with Gasteiger partial charge in [0, 0.05) is 11.7 Å². The zero-order chi connectivity index (χ0) is 14.6. The minimum absolute atomic E-state index is 0.0155. The number of benzene rings is 1. The van der Waals surface area contributed by atoms with Crippen LogP contribution in [0.1, 0.15) is 12.0 Å². The van der Waals surface area contributed by atoms with Crippen molar-refractivity contribution >= 4 is 28.6 Å². The van der Waals surface area contributed by atoms with Crippen LogP contribution >= 0.6 is 11.8 Å². The highest BCUT2D eigenvalue weighted by Crippen LogP contribution is 2.49. The van der Waals surface area contributed by atoms with Crippen molar-refractivity contribution in [1.82, 2.24) is 9.88 Å². The third-order valence-electron chi connectivity index (χ3n) is 3.83. The number of carbonyl (C=O) groups excluding carboxylic acids is 1. The van der Waals surface area contributed by atoms with Crippen molar-refractivity contribution in [3.05, 3.63) is 58.5 Å². The van der Waals surface area contributed by atoms with Crippen LogP contribution < -0.4 is 5.56 Å². The molecule has 3 heterocycles. The normalized spacial score (nSPS) is 27.6. The lowest BCUT2D eigenvalue weighted by Crippen LogP contribution is -2.51. The second-order valence-corrected chi connectivity index (χ2v) is 6.51. The highest BCUT2D eigenvalue weighted by atomic mass is 32.2. The van der Waals surface area contributed by atoms with Crippen LogP contribution in [0.15, 0.2) is 47.4 Å². The average Bonchev–Trinajstić information content (AvgIpc) is 2.45. The minimum Gasteiger partial charge on any atom is -0.322 e. The number of hydrogen-bond donors (Lipinski definition) is 1. The van der Waals surface area contributed by atoms with E-state index in [4.69, 9.17) is 0 Å². The first-order valence-corrected chi connectivity index (χ1v) is 7.45. The van der Waals surface area contributed by atoms with E-state index in [1.165, 1.54) is 17.2 Å². The Morgan fingerprint density at radius 1 is 1.33 bits per heavy atom. The summed E-state index contributed by atoms with van der Waals surface area (Å²) < 4.78 is 15.2. The second kappa shape index (κ2) is 4.21.